The summed E-state index contributed by atoms with van der Waals surface area (Å²) in [6, 6.07) is 11.3. The molecular formula is C19H17F2KN2O4. The SMILES string of the molecule is N/C=C(F)\C=C(/COc1ccc(F)cc1)[N-]OCc1ccc(C(=O)O)cc1.[K+]. The van der Waals surface area contributed by atoms with Gasteiger partial charge in [0.25, 0.3) is 0 Å². The van der Waals surface area contributed by atoms with E-state index in [2.05, 4.69) is 5.48 Å². The molecule has 0 aliphatic carbocycles. The molecule has 28 heavy (non-hydrogen) atoms. The Balaban J connectivity index is 0.00000392. The van der Waals surface area contributed by atoms with Crippen molar-refractivity contribution >= 4 is 5.97 Å². The second kappa shape index (κ2) is 12.7. The van der Waals surface area contributed by atoms with E-state index in [-0.39, 0.29) is 75.9 Å². The van der Waals surface area contributed by atoms with E-state index >= 15 is 0 Å². The van der Waals surface area contributed by atoms with Gasteiger partial charge in [-0.15, -0.1) is 5.70 Å². The van der Waals surface area contributed by atoms with Crippen LogP contribution in [0.15, 0.2) is 72.3 Å². The van der Waals surface area contributed by atoms with Crippen LogP contribution in [0.4, 0.5) is 8.78 Å². The van der Waals surface area contributed by atoms with Crippen LogP contribution in [-0.2, 0) is 11.4 Å². The van der Waals surface area contributed by atoms with E-state index < -0.39 is 17.6 Å². The van der Waals surface area contributed by atoms with Gasteiger partial charge in [0, 0.05) is 6.20 Å². The zero-order chi connectivity index (χ0) is 19.6. The van der Waals surface area contributed by atoms with Gasteiger partial charge in [-0.3, -0.25) is 0 Å². The molecule has 0 amide bonds. The summed E-state index contributed by atoms with van der Waals surface area (Å²) in [7, 11) is 0. The topological polar surface area (TPSA) is 95.9 Å². The molecule has 0 atom stereocenters. The van der Waals surface area contributed by atoms with E-state index in [0.717, 1.165) is 12.3 Å². The molecule has 3 N–H and O–H groups in total. The Labute approximate surface area is 203 Å². The van der Waals surface area contributed by atoms with Crippen LogP contribution < -0.4 is 61.9 Å². The molecule has 142 valence electrons. The van der Waals surface area contributed by atoms with Gasteiger partial charge in [0.2, 0.25) is 0 Å². The molecule has 6 nitrogen and oxygen atoms in total. The first-order valence-corrected chi connectivity index (χ1v) is 7.79. The molecule has 2 rings (SSSR count). The van der Waals surface area contributed by atoms with Gasteiger partial charge in [-0.2, -0.15) is 0 Å². The monoisotopic (exact) mass is 414 g/mol. The number of ether oxygens (including phenoxy) is 1. The summed E-state index contributed by atoms with van der Waals surface area (Å²) in [5.41, 5.74) is 9.86. The third kappa shape index (κ3) is 8.51. The molecule has 0 radical (unpaired) electrons. The van der Waals surface area contributed by atoms with E-state index in [1.54, 1.807) is 12.1 Å². The van der Waals surface area contributed by atoms with E-state index in [4.69, 9.17) is 20.4 Å². The number of rotatable bonds is 9. The predicted molar refractivity (Wildman–Crippen MR) is 94.9 cm³/mol. The molecule has 0 saturated carbocycles. The zero-order valence-electron chi connectivity index (χ0n) is 15.1. The van der Waals surface area contributed by atoms with Crippen LogP contribution in [-0.4, -0.2) is 17.7 Å². The molecular weight excluding hydrogens is 397 g/mol. The van der Waals surface area contributed by atoms with Crippen LogP contribution in [0, 0.1) is 5.82 Å². The number of hydrogen-bond acceptors (Lipinski definition) is 4. The maximum absolute atomic E-state index is 13.4. The summed E-state index contributed by atoms with van der Waals surface area (Å²) in [5.74, 6) is -1.79. The molecule has 0 saturated heterocycles. The third-order valence-electron chi connectivity index (χ3n) is 3.28. The number of hydroxylamine groups is 1. The van der Waals surface area contributed by atoms with Gasteiger partial charge < -0.3 is 25.9 Å². The number of hydrogen-bond donors (Lipinski definition) is 2. The molecule has 2 aromatic carbocycles. The number of carboxylic acids is 1. The first-order valence-electron chi connectivity index (χ1n) is 7.79. The maximum atomic E-state index is 13.4. The molecule has 0 fully saturated rings. The van der Waals surface area contributed by atoms with Crippen LogP contribution in [0.1, 0.15) is 15.9 Å². The fraction of sp³-hybridized carbons (Fsp3) is 0.105. The zero-order valence-corrected chi connectivity index (χ0v) is 18.3. The summed E-state index contributed by atoms with van der Waals surface area (Å²) in [6.07, 6.45) is 1.80. The van der Waals surface area contributed by atoms with Crippen molar-refractivity contribution in [3.8, 4) is 5.75 Å². The van der Waals surface area contributed by atoms with Gasteiger partial charge in [0.05, 0.1) is 18.8 Å². The standard InChI is InChI=1S/C19H17F2N2O4.K/c20-15-5-7-18(8-6-15)26-12-17(9-16(21)10-22)23-27-11-13-1-3-14(4-2-13)19(24)25;/h1-10H,11-12,22H2,(H,24,25);/q-1;+1/b16-10+,17-9+;. The van der Waals surface area contributed by atoms with Crippen molar-refractivity contribution in [2.24, 2.45) is 5.73 Å². The third-order valence-corrected chi connectivity index (χ3v) is 3.28. The van der Waals surface area contributed by atoms with E-state index in [1.807, 2.05) is 0 Å². The molecule has 0 spiro atoms. The number of nitrogens with two attached hydrogens (primary N) is 1. The molecule has 0 aliphatic rings. The Morgan fingerprint density at radius 3 is 2.36 bits per heavy atom. The van der Waals surface area contributed by atoms with Crippen molar-refractivity contribution in [1.29, 1.82) is 0 Å². The molecule has 0 unspecified atom stereocenters. The quantitative estimate of drug-likeness (QED) is 0.364. The largest absolute Gasteiger partial charge is 1.00 e. The van der Waals surface area contributed by atoms with Gasteiger partial charge in [0.15, 0.2) is 0 Å². The van der Waals surface area contributed by atoms with Crippen molar-refractivity contribution in [3.63, 3.8) is 0 Å². The molecule has 0 aliphatic heterocycles. The van der Waals surface area contributed by atoms with Crippen molar-refractivity contribution in [2.75, 3.05) is 6.61 Å². The van der Waals surface area contributed by atoms with Crippen molar-refractivity contribution in [3.05, 3.63) is 94.8 Å². The summed E-state index contributed by atoms with van der Waals surface area (Å²) in [5, 5.41) is 8.86. The number of halogens is 2. The second-order valence-electron chi connectivity index (χ2n) is 5.30. The Kier molecular flexibility index (Phi) is 11.0. The van der Waals surface area contributed by atoms with Crippen LogP contribution in [0.3, 0.4) is 0 Å². The van der Waals surface area contributed by atoms with Gasteiger partial charge in [-0.05, 0) is 48.0 Å². The first-order chi connectivity index (χ1) is 13.0. The Morgan fingerprint density at radius 2 is 1.79 bits per heavy atom. The smallest absolute Gasteiger partial charge is 0.562 e. The summed E-state index contributed by atoms with van der Waals surface area (Å²) in [6.45, 7) is -0.0907. The average Bonchev–Trinajstić information content (AvgIpc) is 2.67. The summed E-state index contributed by atoms with van der Waals surface area (Å²) in [4.78, 5) is 16.0. The van der Waals surface area contributed by atoms with Crippen molar-refractivity contribution in [1.82, 2.24) is 0 Å². The van der Waals surface area contributed by atoms with Crippen LogP contribution in [0.2, 0.25) is 0 Å². The maximum Gasteiger partial charge on any atom is 1.00 e. The van der Waals surface area contributed by atoms with E-state index in [1.165, 1.54) is 36.4 Å². The molecule has 2 aromatic rings. The number of allylic oxidation sites excluding steroid dienone is 2. The summed E-state index contributed by atoms with van der Waals surface area (Å²) < 4.78 is 31.7. The van der Waals surface area contributed by atoms with Crippen molar-refractivity contribution < 1.29 is 79.6 Å². The minimum atomic E-state index is -1.03. The molecule has 0 bridgehead atoms. The van der Waals surface area contributed by atoms with Crippen LogP contribution >= 0.6 is 0 Å². The van der Waals surface area contributed by atoms with Crippen LogP contribution in [0.5, 0.6) is 5.75 Å². The fourth-order valence-corrected chi connectivity index (χ4v) is 1.92. The molecule has 9 heteroatoms. The van der Waals surface area contributed by atoms with Gasteiger partial charge in [-0.1, -0.05) is 12.1 Å². The average molecular weight is 414 g/mol. The number of carboxylic acid groups (broad SMARTS) is 1. The van der Waals surface area contributed by atoms with E-state index in [9.17, 15) is 13.6 Å². The number of aromatic carboxylic acids is 1. The second-order valence-corrected chi connectivity index (χ2v) is 5.30. The minimum absolute atomic E-state index is 0. The Morgan fingerprint density at radius 1 is 1.14 bits per heavy atom. The normalized spacial score (nSPS) is 11.5. The van der Waals surface area contributed by atoms with E-state index in [0.29, 0.717) is 11.3 Å². The fourth-order valence-electron chi connectivity index (χ4n) is 1.92. The van der Waals surface area contributed by atoms with Gasteiger partial charge in [0.1, 0.15) is 17.4 Å². The minimum Gasteiger partial charge on any atom is -0.562 e. The van der Waals surface area contributed by atoms with Crippen molar-refractivity contribution in [2.45, 2.75) is 6.61 Å². The first kappa shape index (κ1) is 24.3. The van der Waals surface area contributed by atoms with Gasteiger partial charge >= 0.3 is 57.4 Å². The number of benzene rings is 2. The Hall–Kier alpha value is -1.75. The van der Waals surface area contributed by atoms with Gasteiger partial charge in [-0.25, -0.2) is 13.6 Å². The Bertz CT molecular complexity index is 825. The number of carbonyl (C=O) groups is 1. The summed E-state index contributed by atoms with van der Waals surface area (Å²) >= 11 is 0. The predicted octanol–water partition coefficient (Wildman–Crippen LogP) is 1.07. The molecule has 0 heterocycles. The molecule has 0 aromatic heterocycles. The van der Waals surface area contributed by atoms with Crippen LogP contribution in [0.25, 0.3) is 5.48 Å². The number of nitrogens with zero attached hydrogens (tertiary/aromatic N) is 1.